The lowest BCUT2D eigenvalue weighted by Crippen LogP contribution is -2.46. The second-order valence-electron chi connectivity index (χ2n) is 8.17. The smallest absolute Gasteiger partial charge is 0.407 e. The minimum atomic E-state index is -0.592. The summed E-state index contributed by atoms with van der Waals surface area (Å²) in [7, 11) is 1.60. The number of rotatable bonds is 5. The van der Waals surface area contributed by atoms with E-state index in [1.807, 2.05) is 4.58 Å². The number of nitrogens with two attached hydrogens (primary N) is 1. The van der Waals surface area contributed by atoms with Crippen LogP contribution in [-0.4, -0.2) is 65.4 Å². The number of ether oxygens (including phenoxy) is 2. The highest BCUT2D eigenvalue weighted by Gasteiger charge is 2.38. The number of hydrogen-bond donors (Lipinski definition) is 3. The van der Waals surface area contributed by atoms with Gasteiger partial charge in [-0.25, -0.2) is 4.79 Å². The highest BCUT2D eigenvalue weighted by Crippen LogP contribution is 2.20. The molecule has 28 heavy (non-hydrogen) atoms. The first-order valence-electron chi connectivity index (χ1n) is 9.62. The zero-order chi connectivity index (χ0) is 20.9. The largest absolute Gasteiger partial charge is 0.444 e. The van der Waals surface area contributed by atoms with Gasteiger partial charge in [-0.05, 0) is 33.6 Å². The van der Waals surface area contributed by atoms with E-state index in [9.17, 15) is 14.9 Å². The van der Waals surface area contributed by atoms with Crippen LogP contribution in [0.2, 0.25) is 0 Å². The quantitative estimate of drug-likeness (QED) is 0.272. The lowest BCUT2D eigenvalue weighted by atomic mass is 10.1. The van der Waals surface area contributed by atoms with E-state index in [2.05, 4.69) is 10.6 Å². The number of alkyl carbamates (subject to hydrolysis) is 1. The predicted octanol–water partition coefficient (Wildman–Crippen LogP) is 0.928. The molecule has 0 bridgehead atoms. The lowest BCUT2D eigenvalue weighted by Gasteiger charge is -2.26. The average molecular weight is 398 g/mol. The van der Waals surface area contributed by atoms with Crippen LogP contribution in [0.5, 0.6) is 0 Å². The van der Waals surface area contributed by atoms with Crippen molar-refractivity contribution in [2.45, 2.75) is 70.2 Å². The third-order valence-electron chi connectivity index (χ3n) is 4.68. The van der Waals surface area contributed by atoms with Crippen LogP contribution in [0.3, 0.4) is 0 Å². The summed E-state index contributed by atoms with van der Waals surface area (Å²) in [5.41, 5.74) is 4.80. The molecule has 0 radical (unpaired) electrons. The number of amidine groups is 1. The standard InChI is InChI=1S/C18H31N5O5/c1-18(2,3)28-17(24)21-13-7-9-22(10-8-15(13)27-4)16(20-12-5-6-12)14(11-19)23(25)26/h11-13,15H,5-10H2,1-4H3,(H3,19,20,21,24)/p+1/t13-,15+/m1/s1. The molecule has 2 rings (SSSR count). The van der Waals surface area contributed by atoms with Crippen molar-refractivity contribution in [3.63, 3.8) is 0 Å². The third kappa shape index (κ3) is 6.36. The normalized spacial score (nSPS) is 25.5. The number of methoxy groups -OCH3 is 1. The van der Waals surface area contributed by atoms with Gasteiger partial charge in [-0.2, -0.15) is 0 Å². The van der Waals surface area contributed by atoms with Crippen LogP contribution in [0.4, 0.5) is 4.79 Å². The molecule has 1 saturated carbocycles. The van der Waals surface area contributed by atoms with Gasteiger partial charge in [0.05, 0.1) is 42.4 Å². The first-order chi connectivity index (χ1) is 13.1. The van der Waals surface area contributed by atoms with Crippen molar-refractivity contribution < 1.29 is 23.8 Å². The summed E-state index contributed by atoms with van der Waals surface area (Å²) in [5.74, 6) is 0.433. The summed E-state index contributed by atoms with van der Waals surface area (Å²) in [4.78, 5) is 23.1. The minimum Gasteiger partial charge on any atom is -0.444 e. The van der Waals surface area contributed by atoms with Crippen molar-refractivity contribution in [1.29, 1.82) is 0 Å². The molecule has 0 spiro atoms. The minimum absolute atomic E-state index is 0.139. The molecule has 0 aromatic rings. The van der Waals surface area contributed by atoms with E-state index < -0.39 is 16.6 Å². The van der Waals surface area contributed by atoms with E-state index >= 15 is 0 Å². The SMILES string of the molecule is CO[C@H]1CC[N+](=C(NC2CC2)C(=CN)[N+](=O)[O-])CC[C@H]1NC(=O)OC(C)(C)C. The zero-order valence-electron chi connectivity index (χ0n) is 17.1. The first kappa shape index (κ1) is 21.9. The van der Waals surface area contributed by atoms with Gasteiger partial charge >= 0.3 is 17.6 Å². The Morgan fingerprint density at radius 2 is 1.86 bits per heavy atom. The fourth-order valence-corrected chi connectivity index (χ4v) is 3.18. The molecule has 2 fully saturated rings. The van der Waals surface area contributed by atoms with Gasteiger partial charge in [-0.1, -0.05) is 0 Å². The summed E-state index contributed by atoms with van der Waals surface area (Å²) >= 11 is 0. The van der Waals surface area contributed by atoms with Gasteiger partial charge in [0.25, 0.3) is 0 Å². The molecule has 2 atom stereocenters. The van der Waals surface area contributed by atoms with Gasteiger partial charge in [0.15, 0.2) is 0 Å². The van der Waals surface area contributed by atoms with Gasteiger partial charge in [-0.3, -0.25) is 20.0 Å². The van der Waals surface area contributed by atoms with Gasteiger partial charge in [0, 0.05) is 20.0 Å². The summed E-state index contributed by atoms with van der Waals surface area (Å²) < 4.78 is 12.8. The van der Waals surface area contributed by atoms with Crippen LogP contribution >= 0.6 is 0 Å². The Labute approximate surface area is 165 Å². The Kier molecular flexibility index (Phi) is 7.22. The van der Waals surface area contributed by atoms with E-state index in [1.165, 1.54) is 0 Å². The van der Waals surface area contributed by atoms with Crippen molar-refractivity contribution in [2.75, 3.05) is 20.2 Å². The molecular formula is C18H32N5O5+. The molecule has 0 unspecified atom stereocenters. The number of nitrogens with one attached hydrogen (secondary N) is 2. The molecule has 10 nitrogen and oxygen atoms in total. The summed E-state index contributed by atoms with van der Waals surface area (Å²) in [6, 6.07) is -0.0185. The van der Waals surface area contributed by atoms with Gasteiger partial charge in [0.1, 0.15) is 5.60 Å². The maximum absolute atomic E-state index is 12.2. The molecule has 1 heterocycles. The molecule has 1 amide bonds. The maximum Gasteiger partial charge on any atom is 0.407 e. The third-order valence-corrected chi connectivity index (χ3v) is 4.68. The summed E-state index contributed by atoms with van der Waals surface area (Å²) in [6.07, 6.45) is 3.43. The van der Waals surface area contributed by atoms with Crippen molar-refractivity contribution in [2.24, 2.45) is 5.73 Å². The molecular weight excluding hydrogens is 366 g/mol. The van der Waals surface area contributed by atoms with Gasteiger partial charge in [-0.15, -0.1) is 0 Å². The van der Waals surface area contributed by atoms with Crippen LogP contribution in [0, 0.1) is 10.1 Å². The molecule has 10 heteroatoms. The van der Waals surface area contributed by atoms with Crippen LogP contribution in [0.1, 0.15) is 46.5 Å². The Morgan fingerprint density at radius 1 is 1.21 bits per heavy atom. The fourth-order valence-electron chi connectivity index (χ4n) is 3.18. The molecule has 1 aliphatic heterocycles. The van der Waals surface area contributed by atoms with Crippen molar-refractivity contribution in [1.82, 2.24) is 10.6 Å². The predicted molar refractivity (Wildman–Crippen MR) is 104 cm³/mol. The van der Waals surface area contributed by atoms with Crippen LogP contribution in [-0.2, 0) is 9.47 Å². The highest BCUT2D eigenvalue weighted by molar-refractivity contribution is 5.92. The molecule has 1 aliphatic carbocycles. The van der Waals surface area contributed by atoms with Crippen molar-refractivity contribution in [3.8, 4) is 0 Å². The van der Waals surface area contributed by atoms with Crippen LogP contribution < -0.4 is 16.4 Å². The lowest BCUT2D eigenvalue weighted by molar-refractivity contribution is -0.535. The van der Waals surface area contributed by atoms with Crippen LogP contribution in [0.15, 0.2) is 11.9 Å². The number of carbonyl (C=O) groups excluding carboxylic acids is 1. The second-order valence-corrected chi connectivity index (χ2v) is 8.17. The maximum atomic E-state index is 12.2. The molecule has 0 aromatic carbocycles. The molecule has 4 N–H and O–H groups in total. The topological polar surface area (TPSA) is 132 Å². The number of nitro groups is 1. The monoisotopic (exact) mass is 398 g/mol. The Hall–Kier alpha value is -2.36. The van der Waals surface area contributed by atoms with Gasteiger partial charge < -0.3 is 20.5 Å². The van der Waals surface area contributed by atoms with E-state index in [-0.39, 0.29) is 23.9 Å². The average Bonchev–Trinajstić information content (AvgIpc) is 3.40. The van der Waals surface area contributed by atoms with Crippen molar-refractivity contribution >= 4 is 11.9 Å². The number of hydrogen-bond acceptors (Lipinski definition) is 6. The van der Waals surface area contributed by atoms with E-state index in [4.69, 9.17) is 15.2 Å². The molecule has 2 aliphatic rings. The van der Waals surface area contributed by atoms with Crippen molar-refractivity contribution in [3.05, 3.63) is 22.0 Å². The molecule has 158 valence electrons. The summed E-state index contributed by atoms with van der Waals surface area (Å²) in [6.45, 7) is 6.47. The fraction of sp³-hybridized carbons (Fsp3) is 0.778. The second kappa shape index (κ2) is 9.22. The highest BCUT2D eigenvalue weighted by atomic mass is 16.6. The van der Waals surface area contributed by atoms with Crippen LogP contribution in [0.25, 0.3) is 0 Å². The van der Waals surface area contributed by atoms with E-state index in [0.29, 0.717) is 31.8 Å². The Bertz CT molecular complexity index is 651. The number of carbonyl (C=O) groups is 1. The zero-order valence-corrected chi connectivity index (χ0v) is 17.1. The molecule has 1 saturated heterocycles. The Balaban J connectivity index is 2.19. The molecule has 0 aromatic heterocycles. The Morgan fingerprint density at radius 3 is 2.36 bits per heavy atom. The summed E-state index contributed by atoms with van der Waals surface area (Å²) in [5, 5.41) is 17.6. The number of amides is 1. The number of nitrogens with zero attached hydrogens (tertiary/aromatic N) is 2. The first-order valence-corrected chi connectivity index (χ1v) is 9.62. The van der Waals surface area contributed by atoms with Gasteiger partial charge in [0.2, 0.25) is 0 Å². The van der Waals surface area contributed by atoms with E-state index in [1.54, 1.807) is 27.9 Å². The van der Waals surface area contributed by atoms with E-state index in [0.717, 1.165) is 19.0 Å².